The van der Waals surface area contributed by atoms with Gasteiger partial charge in [0.2, 0.25) is 29.5 Å². The fraction of sp³-hybridized carbons (Fsp3) is 0.400. The molecule has 5 amide bonds. The summed E-state index contributed by atoms with van der Waals surface area (Å²) in [6.07, 6.45) is -1.30. The molecule has 0 radical (unpaired) electrons. The Morgan fingerprint density at radius 2 is 1.29 bits per heavy atom. The molecule has 192 valence electrons. The lowest BCUT2D eigenvalue weighted by atomic mass is 10.0. The van der Waals surface area contributed by atoms with Crippen LogP contribution in [-0.4, -0.2) is 75.6 Å². The van der Waals surface area contributed by atoms with E-state index in [1.807, 2.05) is 0 Å². The minimum absolute atomic E-state index is 0.0439. The summed E-state index contributed by atoms with van der Waals surface area (Å²) in [6.45, 7) is 0. The molecule has 4 atom stereocenters. The molecule has 15 heteroatoms. The first-order chi connectivity index (χ1) is 16.3. The van der Waals surface area contributed by atoms with E-state index in [2.05, 4.69) is 28.6 Å². The third-order valence-electron chi connectivity index (χ3n) is 4.60. The molecular formula is C20H28N6O8S. The van der Waals surface area contributed by atoms with Crippen molar-refractivity contribution in [1.29, 1.82) is 0 Å². The Kier molecular flexibility index (Phi) is 11.5. The van der Waals surface area contributed by atoms with Crippen molar-refractivity contribution in [3.05, 3.63) is 29.8 Å². The van der Waals surface area contributed by atoms with E-state index >= 15 is 0 Å². The van der Waals surface area contributed by atoms with E-state index in [4.69, 9.17) is 22.3 Å². The summed E-state index contributed by atoms with van der Waals surface area (Å²) in [4.78, 5) is 71.6. The maximum Gasteiger partial charge on any atom is 0.327 e. The second-order valence-corrected chi connectivity index (χ2v) is 7.89. The molecule has 4 unspecified atom stereocenters. The Morgan fingerprint density at radius 1 is 0.800 bits per heavy atom. The zero-order valence-corrected chi connectivity index (χ0v) is 19.4. The first kappa shape index (κ1) is 29.2. The number of hydrogen-bond donors (Lipinski definition) is 9. The number of carboxylic acid groups (broad SMARTS) is 1. The Morgan fingerprint density at radius 3 is 1.77 bits per heavy atom. The van der Waals surface area contributed by atoms with Gasteiger partial charge in [0.15, 0.2) is 0 Å². The minimum Gasteiger partial charge on any atom is -0.508 e. The number of carbonyl (C=O) groups excluding carboxylic acids is 5. The van der Waals surface area contributed by atoms with Gasteiger partial charge in [0, 0.05) is 12.2 Å². The second kappa shape index (κ2) is 13.8. The lowest BCUT2D eigenvalue weighted by molar-refractivity contribution is -0.141. The van der Waals surface area contributed by atoms with Gasteiger partial charge in [0.1, 0.15) is 23.9 Å². The molecule has 14 nitrogen and oxygen atoms in total. The van der Waals surface area contributed by atoms with Crippen LogP contribution in [-0.2, 0) is 35.2 Å². The first-order valence-corrected chi connectivity index (χ1v) is 10.8. The van der Waals surface area contributed by atoms with Gasteiger partial charge in [-0.1, -0.05) is 12.1 Å². The number of nitrogens with one attached hydrogen (secondary N) is 3. The van der Waals surface area contributed by atoms with Crippen molar-refractivity contribution in [3.63, 3.8) is 0 Å². The Labute approximate surface area is 205 Å². The smallest absolute Gasteiger partial charge is 0.327 e. The van der Waals surface area contributed by atoms with Crippen molar-refractivity contribution in [1.82, 2.24) is 16.0 Å². The van der Waals surface area contributed by atoms with E-state index in [-0.39, 0.29) is 17.9 Å². The van der Waals surface area contributed by atoms with Crippen molar-refractivity contribution < 1.29 is 39.0 Å². The summed E-state index contributed by atoms with van der Waals surface area (Å²) in [5.74, 6) is -6.35. The normalized spacial score (nSPS) is 14.0. The molecular weight excluding hydrogens is 484 g/mol. The molecule has 0 bridgehead atoms. The number of amides is 5. The van der Waals surface area contributed by atoms with Gasteiger partial charge in [-0.05, 0) is 17.7 Å². The first-order valence-electron chi connectivity index (χ1n) is 10.2. The number of primary amides is 2. The van der Waals surface area contributed by atoms with E-state index in [1.54, 1.807) is 0 Å². The minimum atomic E-state index is -1.57. The van der Waals surface area contributed by atoms with Gasteiger partial charge in [-0.15, -0.1) is 0 Å². The van der Waals surface area contributed by atoms with E-state index in [9.17, 15) is 33.9 Å². The van der Waals surface area contributed by atoms with Crippen LogP contribution in [0.25, 0.3) is 0 Å². The topological polar surface area (TPSA) is 257 Å². The van der Waals surface area contributed by atoms with Crippen LogP contribution in [0.2, 0.25) is 0 Å². The predicted octanol–water partition coefficient (Wildman–Crippen LogP) is -3.52. The number of nitrogens with two attached hydrogens (primary N) is 3. The number of aliphatic carboxylic acids is 1. The van der Waals surface area contributed by atoms with Crippen molar-refractivity contribution in [2.75, 3.05) is 5.75 Å². The number of phenols is 1. The quantitative estimate of drug-likeness (QED) is 0.112. The molecule has 0 saturated heterocycles. The molecule has 0 spiro atoms. The van der Waals surface area contributed by atoms with Crippen LogP contribution in [0.1, 0.15) is 18.4 Å². The van der Waals surface area contributed by atoms with Gasteiger partial charge in [-0.25, -0.2) is 4.79 Å². The average Bonchev–Trinajstić information content (AvgIpc) is 2.76. The van der Waals surface area contributed by atoms with Crippen LogP contribution in [0.4, 0.5) is 0 Å². The van der Waals surface area contributed by atoms with Gasteiger partial charge >= 0.3 is 5.97 Å². The lowest BCUT2D eigenvalue weighted by Crippen LogP contribution is -2.58. The number of carbonyl (C=O) groups is 6. The summed E-state index contributed by atoms with van der Waals surface area (Å²) < 4.78 is 0. The zero-order chi connectivity index (χ0) is 26.7. The molecule has 0 aliphatic heterocycles. The summed E-state index contributed by atoms with van der Waals surface area (Å²) in [5, 5.41) is 25.3. The van der Waals surface area contributed by atoms with Crippen LogP contribution < -0.4 is 33.2 Å². The highest BCUT2D eigenvalue weighted by Crippen LogP contribution is 2.12. The fourth-order valence-electron chi connectivity index (χ4n) is 2.81. The summed E-state index contributed by atoms with van der Waals surface area (Å²) in [5.41, 5.74) is 16.3. The number of benzene rings is 1. The molecule has 0 saturated carbocycles. The van der Waals surface area contributed by atoms with Gasteiger partial charge in [0.25, 0.3) is 0 Å². The Balaban J connectivity index is 3.13. The average molecular weight is 513 g/mol. The molecule has 11 N–H and O–H groups in total. The third-order valence-corrected chi connectivity index (χ3v) is 4.97. The van der Waals surface area contributed by atoms with Crippen LogP contribution in [0.3, 0.4) is 0 Å². The summed E-state index contributed by atoms with van der Waals surface area (Å²) in [7, 11) is 0. The lowest BCUT2D eigenvalue weighted by Gasteiger charge is -2.24. The van der Waals surface area contributed by atoms with Crippen molar-refractivity contribution in [2.45, 2.75) is 43.4 Å². The summed E-state index contributed by atoms with van der Waals surface area (Å²) >= 11 is 3.83. The van der Waals surface area contributed by atoms with Crippen molar-refractivity contribution in [3.8, 4) is 5.75 Å². The highest BCUT2D eigenvalue weighted by Gasteiger charge is 2.31. The van der Waals surface area contributed by atoms with Gasteiger partial charge in [0.05, 0.1) is 18.9 Å². The Hall–Kier alpha value is -3.85. The van der Waals surface area contributed by atoms with E-state index in [1.165, 1.54) is 24.3 Å². The highest BCUT2D eigenvalue weighted by molar-refractivity contribution is 7.80. The standard InChI is InChI=1S/C20H28N6O8S/c21-11(6-15(22)28)17(30)24-12(5-9-1-3-10(27)4-2-9)18(31)25-13(7-16(23)29)19(32)26-14(8-35)20(33)34/h1-4,11-14,27,35H,5-8,21H2,(H2,22,28)(H2,23,29)(H,24,30)(H,25,31)(H,26,32)(H,33,34). The van der Waals surface area contributed by atoms with Gasteiger partial charge in [-0.3, -0.25) is 24.0 Å². The fourth-order valence-corrected chi connectivity index (χ4v) is 3.05. The third kappa shape index (κ3) is 10.3. The van der Waals surface area contributed by atoms with E-state index in [0.29, 0.717) is 5.56 Å². The predicted molar refractivity (Wildman–Crippen MR) is 125 cm³/mol. The number of hydrogen-bond acceptors (Lipinski definition) is 9. The number of thiol groups is 1. The van der Waals surface area contributed by atoms with Crippen LogP contribution >= 0.6 is 12.6 Å². The molecule has 0 aliphatic rings. The molecule has 0 aromatic heterocycles. The molecule has 1 rings (SSSR count). The molecule has 35 heavy (non-hydrogen) atoms. The van der Waals surface area contributed by atoms with Gasteiger partial charge in [-0.2, -0.15) is 12.6 Å². The van der Waals surface area contributed by atoms with Crippen LogP contribution in [0, 0.1) is 0 Å². The second-order valence-electron chi connectivity index (χ2n) is 7.52. The number of phenolic OH excluding ortho intramolecular Hbond substituents is 1. The SMILES string of the molecule is NC(=O)CC(N)C(=O)NC(Cc1ccc(O)cc1)C(=O)NC(CC(N)=O)C(=O)NC(CS)C(=O)O. The number of carboxylic acids is 1. The van der Waals surface area contributed by atoms with Gasteiger partial charge < -0.3 is 43.4 Å². The van der Waals surface area contributed by atoms with Crippen molar-refractivity contribution >= 4 is 48.1 Å². The van der Waals surface area contributed by atoms with Crippen LogP contribution in [0.15, 0.2) is 24.3 Å². The molecule has 0 heterocycles. The Bertz CT molecular complexity index is 957. The van der Waals surface area contributed by atoms with Crippen molar-refractivity contribution in [2.24, 2.45) is 17.2 Å². The maximum atomic E-state index is 13.0. The largest absolute Gasteiger partial charge is 0.508 e. The summed E-state index contributed by atoms with van der Waals surface area (Å²) in [6, 6.07) is -0.0487. The number of rotatable bonds is 14. The highest BCUT2D eigenvalue weighted by atomic mass is 32.1. The monoisotopic (exact) mass is 512 g/mol. The molecule has 0 fully saturated rings. The van der Waals surface area contributed by atoms with E-state index in [0.717, 1.165) is 0 Å². The molecule has 0 aliphatic carbocycles. The number of aromatic hydroxyl groups is 1. The molecule has 1 aromatic carbocycles. The maximum absolute atomic E-state index is 13.0. The molecule has 1 aromatic rings. The van der Waals surface area contributed by atoms with Crippen LogP contribution in [0.5, 0.6) is 5.75 Å². The zero-order valence-electron chi connectivity index (χ0n) is 18.5. The van der Waals surface area contributed by atoms with E-state index < -0.39 is 72.5 Å².